The van der Waals surface area contributed by atoms with Crippen molar-refractivity contribution >= 4 is 5.91 Å². The molecule has 1 fully saturated rings. The molecule has 15 heavy (non-hydrogen) atoms. The van der Waals surface area contributed by atoms with E-state index in [2.05, 4.69) is 19.2 Å². The predicted octanol–water partition coefficient (Wildman–Crippen LogP) is 1.81. The molecule has 0 bridgehead atoms. The van der Waals surface area contributed by atoms with Gasteiger partial charge in [-0.15, -0.1) is 0 Å². The van der Waals surface area contributed by atoms with Crippen LogP contribution in [0.15, 0.2) is 0 Å². The van der Waals surface area contributed by atoms with Gasteiger partial charge in [0.05, 0.1) is 0 Å². The van der Waals surface area contributed by atoms with Crippen molar-refractivity contribution < 1.29 is 4.79 Å². The van der Waals surface area contributed by atoms with Crippen molar-refractivity contribution in [2.75, 3.05) is 6.54 Å². The van der Waals surface area contributed by atoms with Crippen LogP contribution in [0.5, 0.6) is 0 Å². The van der Waals surface area contributed by atoms with Crippen LogP contribution in [0, 0.1) is 5.41 Å². The number of rotatable bonds is 5. The Hall–Kier alpha value is -0.570. The Morgan fingerprint density at radius 3 is 2.73 bits per heavy atom. The van der Waals surface area contributed by atoms with Crippen molar-refractivity contribution in [3.8, 4) is 0 Å². The third-order valence-corrected chi connectivity index (χ3v) is 3.45. The number of hydrogen-bond donors (Lipinski definition) is 2. The fraction of sp³-hybridized carbons (Fsp3) is 0.917. The van der Waals surface area contributed by atoms with Gasteiger partial charge >= 0.3 is 0 Å². The van der Waals surface area contributed by atoms with Gasteiger partial charge in [0.2, 0.25) is 5.91 Å². The lowest BCUT2D eigenvalue weighted by molar-refractivity contribution is -0.122. The topological polar surface area (TPSA) is 55.1 Å². The summed E-state index contributed by atoms with van der Waals surface area (Å²) in [7, 11) is 0. The molecule has 1 amide bonds. The summed E-state index contributed by atoms with van der Waals surface area (Å²) in [6.07, 6.45) is 6.08. The average Bonchev–Trinajstić information content (AvgIpc) is 2.46. The van der Waals surface area contributed by atoms with Crippen molar-refractivity contribution in [2.45, 2.75) is 58.4 Å². The van der Waals surface area contributed by atoms with Crippen LogP contribution in [0.25, 0.3) is 0 Å². The zero-order chi connectivity index (χ0) is 11.3. The molecular formula is C12H24N2O. The Morgan fingerprint density at radius 1 is 1.47 bits per heavy atom. The van der Waals surface area contributed by atoms with Gasteiger partial charge in [-0.3, -0.25) is 4.79 Å². The van der Waals surface area contributed by atoms with E-state index in [0.717, 1.165) is 19.3 Å². The summed E-state index contributed by atoms with van der Waals surface area (Å²) in [5.74, 6) is 0.198. The quantitative estimate of drug-likeness (QED) is 0.683. The van der Waals surface area contributed by atoms with Gasteiger partial charge in [-0.05, 0) is 37.6 Å². The van der Waals surface area contributed by atoms with Crippen LogP contribution in [0.3, 0.4) is 0 Å². The third kappa shape index (κ3) is 3.82. The van der Waals surface area contributed by atoms with Crippen LogP contribution >= 0.6 is 0 Å². The second-order valence-electron chi connectivity index (χ2n) is 5.25. The molecule has 0 aromatic rings. The highest BCUT2D eigenvalue weighted by atomic mass is 16.1. The maximum atomic E-state index is 11.6. The Morgan fingerprint density at radius 2 is 2.20 bits per heavy atom. The van der Waals surface area contributed by atoms with E-state index < -0.39 is 0 Å². The Balaban J connectivity index is 2.25. The second-order valence-corrected chi connectivity index (χ2v) is 5.25. The van der Waals surface area contributed by atoms with E-state index in [9.17, 15) is 4.79 Å². The van der Waals surface area contributed by atoms with Crippen LogP contribution in [0.4, 0.5) is 0 Å². The molecule has 1 rings (SSSR count). The average molecular weight is 212 g/mol. The SMILES string of the molecule is CC1(C)CCCC1NC(=O)CCCCN. The van der Waals surface area contributed by atoms with Crippen LogP contribution in [0.2, 0.25) is 0 Å². The highest BCUT2D eigenvalue weighted by Crippen LogP contribution is 2.37. The van der Waals surface area contributed by atoms with Gasteiger partial charge in [0.1, 0.15) is 0 Å². The first-order valence-electron chi connectivity index (χ1n) is 6.06. The maximum Gasteiger partial charge on any atom is 0.220 e. The first-order chi connectivity index (χ1) is 7.06. The Labute approximate surface area is 92.8 Å². The molecule has 0 spiro atoms. The molecule has 3 heteroatoms. The fourth-order valence-corrected chi connectivity index (χ4v) is 2.29. The van der Waals surface area contributed by atoms with E-state index in [1.807, 2.05) is 0 Å². The van der Waals surface area contributed by atoms with Crippen molar-refractivity contribution in [1.29, 1.82) is 0 Å². The molecule has 1 aliphatic rings. The molecule has 88 valence electrons. The number of carbonyl (C=O) groups is 1. The minimum atomic E-state index is 0.198. The number of carbonyl (C=O) groups excluding carboxylic acids is 1. The summed E-state index contributed by atoms with van der Waals surface area (Å²) in [6, 6.07) is 0.378. The summed E-state index contributed by atoms with van der Waals surface area (Å²) in [5.41, 5.74) is 5.67. The van der Waals surface area contributed by atoms with Crippen molar-refractivity contribution in [2.24, 2.45) is 11.1 Å². The van der Waals surface area contributed by atoms with Crippen LogP contribution in [-0.2, 0) is 4.79 Å². The zero-order valence-corrected chi connectivity index (χ0v) is 10.0. The molecule has 1 unspecified atom stereocenters. The first-order valence-corrected chi connectivity index (χ1v) is 6.06. The van der Waals surface area contributed by atoms with Gasteiger partial charge in [-0.2, -0.15) is 0 Å². The fourth-order valence-electron chi connectivity index (χ4n) is 2.29. The normalized spacial score (nSPS) is 24.1. The molecule has 0 radical (unpaired) electrons. The number of hydrogen-bond acceptors (Lipinski definition) is 2. The van der Waals surface area contributed by atoms with Crippen LogP contribution < -0.4 is 11.1 Å². The lowest BCUT2D eigenvalue weighted by Crippen LogP contribution is -2.41. The Kier molecular flexibility index (Phi) is 4.58. The van der Waals surface area contributed by atoms with Crippen molar-refractivity contribution in [3.05, 3.63) is 0 Å². The molecule has 0 aromatic heterocycles. The van der Waals surface area contributed by atoms with Crippen molar-refractivity contribution in [3.63, 3.8) is 0 Å². The number of unbranched alkanes of at least 4 members (excludes halogenated alkanes) is 1. The molecule has 1 atom stereocenters. The third-order valence-electron chi connectivity index (χ3n) is 3.45. The molecule has 0 aliphatic heterocycles. The van der Waals surface area contributed by atoms with E-state index in [1.54, 1.807) is 0 Å². The highest BCUT2D eigenvalue weighted by Gasteiger charge is 2.34. The molecule has 0 aromatic carbocycles. The van der Waals surface area contributed by atoms with Gasteiger partial charge in [-0.1, -0.05) is 20.3 Å². The van der Waals surface area contributed by atoms with Gasteiger partial charge in [0, 0.05) is 12.5 Å². The summed E-state index contributed by atoms with van der Waals surface area (Å²) in [5, 5.41) is 3.15. The van der Waals surface area contributed by atoms with Gasteiger partial charge in [0.15, 0.2) is 0 Å². The molecule has 1 saturated carbocycles. The summed E-state index contributed by atoms with van der Waals surface area (Å²) in [4.78, 5) is 11.6. The van der Waals surface area contributed by atoms with Crippen LogP contribution in [0.1, 0.15) is 52.4 Å². The van der Waals surface area contributed by atoms with Crippen molar-refractivity contribution in [1.82, 2.24) is 5.32 Å². The molecule has 1 aliphatic carbocycles. The smallest absolute Gasteiger partial charge is 0.220 e. The lowest BCUT2D eigenvalue weighted by atomic mass is 9.87. The van der Waals surface area contributed by atoms with Gasteiger partial charge in [-0.25, -0.2) is 0 Å². The van der Waals surface area contributed by atoms with E-state index >= 15 is 0 Å². The Bertz CT molecular complexity index is 214. The van der Waals surface area contributed by atoms with Gasteiger partial charge in [0.25, 0.3) is 0 Å². The minimum Gasteiger partial charge on any atom is -0.353 e. The summed E-state index contributed by atoms with van der Waals surface area (Å²) in [6.45, 7) is 5.16. The minimum absolute atomic E-state index is 0.198. The zero-order valence-electron chi connectivity index (χ0n) is 10.0. The molecule has 3 nitrogen and oxygen atoms in total. The lowest BCUT2D eigenvalue weighted by Gasteiger charge is -2.27. The number of nitrogens with two attached hydrogens (primary N) is 1. The molecular weight excluding hydrogens is 188 g/mol. The number of amides is 1. The molecule has 0 saturated heterocycles. The first kappa shape index (κ1) is 12.5. The monoisotopic (exact) mass is 212 g/mol. The standard InChI is InChI=1S/C12H24N2O/c1-12(2)8-5-6-10(12)14-11(15)7-3-4-9-13/h10H,3-9,13H2,1-2H3,(H,14,15). The molecule has 0 heterocycles. The summed E-state index contributed by atoms with van der Waals surface area (Å²) < 4.78 is 0. The predicted molar refractivity (Wildman–Crippen MR) is 62.5 cm³/mol. The second kappa shape index (κ2) is 5.50. The van der Waals surface area contributed by atoms with E-state index in [-0.39, 0.29) is 11.3 Å². The van der Waals surface area contributed by atoms with E-state index in [4.69, 9.17) is 5.73 Å². The maximum absolute atomic E-state index is 11.6. The van der Waals surface area contributed by atoms with Gasteiger partial charge < -0.3 is 11.1 Å². The van der Waals surface area contributed by atoms with Crippen LogP contribution in [-0.4, -0.2) is 18.5 Å². The highest BCUT2D eigenvalue weighted by molar-refractivity contribution is 5.76. The summed E-state index contributed by atoms with van der Waals surface area (Å²) >= 11 is 0. The molecule has 3 N–H and O–H groups in total. The van der Waals surface area contributed by atoms with E-state index in [0.29, 0.717) is 19.0 Å². The van der Waals surface area contributed by atoms with E-state index in [1.165, 1.54) is 12.8 Å². The largest absolute Gasteiger partial charge is 0.353 e. The number of nitrogens with one attached hydrogen (secondary N) is 1.